The molecule has 0 aliphatic heterocycles. The molecule has 1 aromatic carbocycles. The largest absolute Gasteiger partial charge is 0.363 e. The van der Waals surface area contributed by atoms with E-state index in [1.807, 2.05) is 20.8 Å². The molecule has 2 aromatic rings. The van der Waals surface area contributed by atoms with Gasteiger partial charge in [-0.25, -0.2) is 9.37 Å². The summed E-state index contributed by atoms with van der Waals surface area (Å²) >= 11 is 0. The summed E-state index contributed by atoms with van der Waals surface area (Å²) in [4.78, 5) is 18.6. The van der Waals surface area contributed by atoms with Crippen LogP contribution < -0.4 is 10.9 Å². The molecular weight excluding hydrogens is 257 g/mol. The number of benzene rings is 1. The van der Waals surface area contributed by atoms with Crippen molar-refractivity contribution in [1.29, 1.82) is 0 Å². The van der Waals surface area contributed by atoms with E-state index in [1.165, 1.54) is 12.1 Å². The molecule has 0 aliphatic rings. The standard InChI is InChI=1S/C15H18FN3O/c1-9(2)15-18-13(8-14(20)19-15)17-10(3)11-6-4-5-7-12(11)16/h4-10H,1-3H3,(H2,17,18,19,20). The second kappa shape index (κ2) is 5.86. The highest BCUT2D eigenvalue weighted by Crippen LogP contribution is 2.20. The molecule has 2 rings (SSSR count). The predicted molar refractivity (Wildman–Crippen MR) is 77.4 cm³/mol. The Morgan fingerprint density at radius 2 is 1.95 bits per heavy atom. The van der Waals surface area contributed by atoms with Gasteiger partial charge in [0.25, 0.3) is 5.56 Å². The van der Waals surface area contributed by atoms with Gasteiger partial charge in [0.1, 0.15) is 17.5 Å². The van der Waals surface area contributed by atoms with Crippen LogP contribution in [0.1, 0.15) is 44.1 Å². The van der Waals surface area contributed by atoms with Crippen molar-refractivity contribution in [3.8, 4) is 0 Å². The SMILES string of the molecule is CC(C)c1nc(NC(C)c2ccccc2F)cc(=O)[nH]1. The number of hydrogen-bond donors (Lipinski definition) is 2. The van der Waals surface area contributed by atoms with E-state index in [1.54, 1.807) is 18.2 Å². The maximum atomic E-state index is 13.7. The molecule has 4 nitrogen and oxygen atoms in total. The first-order chi connectivity index (χ1) is 9.47. The molecule has 0 saturated heterocycles. The van der Waals surface area contributed by atoms with E-state index in [2.05, 4.69) is 15.3 Å². The van der Waals surface area contributed by atoms with Crippen LogP contribution in [0.25, 0.3) is 0 Å². The first-order valence-corrected chi connectivity index (χ1v) is 6.59. The van der Waals surface area contributed by atoms with Crippen LogP contribution in [0.4, 0.5) is 10.2 Å². The number of halogens is 1. The highest BCUT2D eigenvalue weighted by Gasteiger charge is 2.12. The Morgan fingerprint density at radius 3 is 2.60 bits per heavy atom. The molecule has 20 heavy (non-hydrogen) atoms. The van der Waals surface area contributed by atoms with Gasteiger partial charge >= 0.3 is 0 Å². The van der Waals surface area contributed by atoms with Gasteiger partial charge < -0.3 is 10.3 Å². The van der Waals surface area contributed by atoms with Crippen LogP contribution >= 0.6 is 0 Å². The number of anilines is 1. The maximum Gasteiger partial charge on any atom is 0.252 e. The van der Waals surface area contributed by atoms with E-state index in [4.69, 9.17) is 0 Å². The second-order valence-electron chi connectivity index (χ2n) is 5.06. The van der Waals surface area contributed by atoms with Gasteiger partial charge in [-0.15, -0.1) is 0 Å². The molecular formula is C15H18FN3O. The summed E-state index contributed by atoms with van der Waals surface area (Å²) in [6.45, 7) is 5.72. The second-order valence-corrected chi connectivity index (χ2v) is 5.06. The van der Waals surface area contributed by atoms with Gasteiger partial charge in [-0.2, -0.15) is 0 Å². The Kier molecular flexibility index (Phi) is 4.17. The smallest absolute Gasteiger partial charge is 0.252 e. The van der Waals surface area contributed by atoms with Crippen LogP contribution in [0.2, 0.25) is 0 Å². The van der Waals surface area contributed by atoms with Gasteiger partial charge in [0.15, 0.2) is 0 Å². The summed E-state index contributed by atoms with van der Waals surface area (Å²) < 4.78 is 13.7. The van der Waals surface area contributed by atoms with Crippen molar-refractivity contribution < 1.29 is 4.39 Å². The molecule has 0 amide bonds. The van der Waals surface area contributed by atoms with Gasteiger partial charge in [-0.1, -0.05) is 32.0 Å². The fourth-order valence-corrected chi connectivity index (χ4v) is 1.95. The minimum absolute atomic E-state index is 0.119. The maximum absolute atomic E-state index is 13.7. The normalized spacial score (nSPS) is 12.4. The highest BCUT2D eigenvalue weighted by atomic mass is 19.1. The Labute approximate surface area is 117 Å². The lowest BCUT2D eigenvalue weighted by Gasteiger charge is -2.16. The topological polar surface area (TPSA) is 57.8 Å². The van der Waals surface area contributed by atoms with Gasteiger partial charge in [0.05, 0.1) is 6.04 Å². The van der Waals surface area contributed by atoms with Crippen molar-refractivity contribution in [3.63, 3.8) is 0 Å². The monoisotopic (exact) mass is 275 g/mol. The van der Waals surface area contributed by atoms with Gasteiger partial charge in [-0.3, -0.25) is 4.79 Å². The van der Waals surface area contributed by atoms with Crippen LogP contribution in [0.5, 0.6) is 0 Å². The van der Waals surface area contributed by atoms with Crippen LogP contribution in [0.15, 0.2) is 35.1 Å². The highest BCUT2D eigenvalue weighted by molar-refractivity contribution is 5.38. The molecule has 0 fully saturated rings. The van der Waals surface area contributed by atoms with Gasteiger partial charge in [0.2, 0.25) is 0 Å². The molecule has 0 spiro atoms. The first-order valence-electron chi connectivity index (χ1n) is 6.59. The third-order valence-corrected chi connectivity index (χ3v) is 3.04. The fourth-order valence-electron chi connectivity index (χ4n) is 1.95. The summed E-state index contributed by atoms with van der Waals surface area (Å²) in [5.41, 5.74) is 0.326. The van der Waals surface area contributed by atoms with Crippen molar-refractivity contribution >= 4 is 5.82 Å². The van der Waals surface area contributed by atoms with Crippen LogP contribution in [0.3, 0.4) is 0 Å². The Bertz CT molecular complexity index is 652. The number of rotatable bonds is 4. The molecule has 1 atom stereocenters. The first kappa shape index (κ1) is 14.2. The number of hydrogen-bond acceptors (Lipinski definition) is 3. The van der Waals surface area contributed by atoms with Crippen LogP contribution in [0, 0.1) is 5.82 Å². The number of aromatic nitrogens is 2. The third-order valence-electron chi connectivity index (χ3n) is 3.04. The van der Waals surface area contributed by atoms with Gasteiger partial charge in [-0.05, 0) is 13.0 Å². The molecule has 106 valence electrons. The Morgan fingerprint density at radius 1 is 1.25 bits per heavy atom. The molecule has 0 radical (unpaired) electrons. The minimum Gasteiger partial charge on any atom is -0.363 e. The zero-order valence-corrected chi connectivity index (χ0v) is 11.8. The fraction of sp³-hybridized carbons (Fsp3) is 0.333. The third kappa shape index (κ3) is 3.23. The summed E-state index contributed by atoms with van der Waals surface area (Å²) in [6.07, 6.45) is 0. The molecule has 2 N–H and O–H groups in total. The summed E-state index contributed by atoms with van der Waals surface area (Å²) in [7, 11) is 0. The van der Waals surface area contributed by atoms with Crippen molar-refractivity contribution in [2.24, 2.45) is 0 Å². The van der Waals surface area contributed by atoms with E-state index >= 15 is 0 Å². The zero-order chi connectivity index (χ0) is 14.7. The predicted octanol–water partition coefficient (Wildman–Crippen LogP) is 3.21. The van der Waals surface area contributed by atoms with Crippen molar-refractivity contribution in [1.82, 2.24) is 9.97 Å². The minimum atomic E-state index is -0.276. The molecule has 0 aliphatic carbocycles. The van der Waals surface area contributed by atoms with E-state index < -0.39 is 0 Å². The molecule has 0 saturated carbocycles. The summed E-state index contributed by atoms with van der Waals surface area (Å²) in [5.74, 6) is 0.906. The van der Waals surface area contributed by atoms with E-state index in [0.29, 0.717) is 17.2 Å². The lowest BCUT2D eigenvalue weighted by atomic mass is 10.1. The van der Waals surface area contributed by atoms with E-state index in [-0.39, 0.29) is 23.3 Å². The van der Waals surface area contributed by atoms with E-state index in [9.17, 15) is 9.18 Å². The molecule has 1 aromatic heterocycles. The van der Waals surface area contributed by atoms with Crippen molar-refractivity contribution in [2.75, 3.05) is 5.32 Å². The quantitative estimate of drug-likeness (QED) is 0.900. The van der Waals surface area contributed by atoms with Gasteiger partial charge in [0, 0.05) is 17.5 Å². The van der Waals surface area contributed by atoms with Crippen molar-refractivity contribution in [2.45, 2.75) is 32.7 Å². The van der Waals surface area contributed by atoms with Crippen molar-refractivity contribution in [3.05, 3.63) is 57.9 Å². The van der Waals surface area contributed by atoms with E-state index in [0.717, 1.165) is 0 Å². The lowest BCUT2D eigenvalue weighted by molar-refractivity contribution is 0.600. The summed E-state index contributed by atoms with van der Waals surface area (Å²) in [6, 6.07) is 7.66. The number of aromatic amines is 1. The Hall–Kier alpha value is -2.17. The summed E-state index contributed by atoms with van der Waals surface area (Å²) in [5, 5.41) is 3.06. The Balaban J connectivity index is 2.26. The number of H-pyrrole nitrogens is 1. The average Bonchev–Trinajstić information content (AvgIpc) is 2.38. The molecule has 1 heterocycles. The molecule has 5 heteroatoms. The lowest BCUT2D eigenvalue weighted by Crippen LogP contribution is -2.16. The molecule has 1 unspecified atom stereocenters. The van der Waals surface area contributed by atoms with Crippen LogP contribution in [-0.4, -0.2) is 9.97 Å². The number of nitrogens with one attached hydrogen (secondary N) is 2. The zero-order valence-electron chi connectivity index (χ0n) is 11.8. The number of nitrogens with zero attached hydrogens (tertiary/aromatic N) is 1. The molecule has 0 bridgehead atoms. The average molecular weight is 275 g/mol. The van der Waals surface area contributed by atoms with Crippen LogP contribution in [-0.2, 0) is 0 Å².